The van der Waals surface area contributed by atoms with Gasteiger partial charge in [0, 0.05) is 19.9 Å². The van der Waals surface area contributed by atoms with Crippen LogP contribution in [0.3, 0.4) is 0 Å². The molecule has 42 heavy (non-hydrogen) atoms. The largest absolute Gasteiger partial charge is 0.447 e. The van der Waals surface area contributed by atoms with Crippen molar-refractivity contribution in [2.75, 3.05) is 26.9 Å². The van der Waals surface area contributed by atoms with E-state index in [0.717, 1.165) is 25.0 Å². The second-order valence-electron chi connectivity index (χ2n) is 10.5. The van der Waals surface area contributed by atoms with Crippen LogP contribution in [-0.4, -0.2) is 56.0 Å². The Bertz CT molecular complexity index is 824. The molecule has 1 unspecified atom stereocenters. The van der Waals surface area contributed by atoms with Crippen LogP contribution in [-0.2, 0) is 20.6 Å². The summed E-state index contributed by atoms with van der Waals surface area (Å²) in [6, 6.07) is 3.40. The van der Waals surface area contributed by atoms with E-state index in [2.05, 4.69) is 22.0 Å². The number of carbonyl (C=O) groups excluding carboxylic acids is 3. The number of alkyl carbamates (subject to hydrolysis) is 1. The molecule has 1 aromatic heterocycles. The van der Waals surface area contributed by atoms with Gasteiger partial charge in [0.2, 0.25) is 0 Å². The lowest BCUT2D eigenvalue weighted by Gasteiger charge is -2.15. The average Bonchev–Trinajstić information content (AvgIpc) is 2.98. The number of nitrogens with one attached hydrogen (secondary N) is 1. The molecule has 1 rings (SSSR count). The normalized spacial score (nSPS) is 11.2. The zero-order valence-electron chi connectivity index (χ0n) is 26.5. The van der Waals surface area contributed by atoms with Gasteiger partial charge >= 0.3 is 12.2 Å². The number of carbonyl (C=O) groups is 3. The van der Waals surface area contributed by atoms with Gasteiger partial charge in [0.1, 0.15) is 19.3 Å². The number of aryl methyl sites for hydroxylation is 1. The minimum absolute atomic E-state index is 0.00850. The van der Waals surface area contributed by atoms with Crippen LogP contribution < -0.4 is 16.8 Å². The van der Waals surface area contributed by atoms with Crippen LogP contribution in [0.25, 0.3) is 0 Å². The number of aromatic nitrogens is 1. The quantitative estimate of drug-likeness (QED) is 0.111. The molecule has 3 amide bonds. The van der Waals surface area contributed by atoms with Gasteiger partial charge in [-0.05, 0) is 25.0 Å². The van der Waals surface area contributed by atoms with Crippen molar-refractivity contribution < 1.29 is 28.6 Å². The summed E-state index contributed by atoms with van der Waals surface area (Å²) in [6.45, 7) is 4.78. The highest BCUT2D eigenvalue weighted by Crippen LogP contribution is 2.13. The third-order valence-corrected chi connectivity index (χ3v) is 6.94. The van der Waals surface area contributed by atoms with Gasteiger partial charge in [0.25, 0.3) is 5.91 Å². The lowest BCUT2D eigenvalue weighted by atomic mass is 10.0. The Hall–Kier alpha value is -2.88. The fourth-order valence-electron chi connectivity index (χ4n) is 4.39. The summed E-state index contributed by atoms with van der Waals surface area (Å²) in [5.41, 5.74) is 11.3. The van der Waals surface area contributed by atoms with E-state index < -0.39 is 24.2 Å². The molecule has 1 atom stereocenters. The summed E-state index contributed by atoms with van der Waals surface area (Å²) in [5.74, 6) is -0.407. The molecular formula is C32H58N4O6. The third-order valence-electron chi connectivity index (χ3n) is 6.94. The first kappa shape index (κ1) is 39.1. The van der Waals surface area contributed by atoms with E-state index in [4.69, 9.17) is 20.9 Å². The maximum Gasteiger partial charge on any atom is 0.407 e. The first-order valence-electron chi connectivity index (χ1n) is 15.9. The number of nitrogens with zero attached hydrogens (tertiary/aromatic N) is 1. The zero-order chi connectivity index (χ0) is 31.3. The van der Waals surface area contributed by atoms with Crippen molar-refractivity contribution in [3.63, 3.8) is 0 Å². The fourth-order valence-corrected chi connectivity index (χ4v) is 4.39. The van der Waals surface area contributed by atoms with Gasteiger partial charge in [0.15, 0.2) is 0 Å². The molecule has 0 aliphatic carbocycles. The topological polar surface area (TPSA) is 156 Å². The standard InChI is InChI=1S/C24H48N2O5.C8H10N2O/c1-3-4-5-6-7-8-9-10-11-12-13-14-15-16-17-18-19-26-24(28)31-21-22(29-2)20-30-23(25)27;1-2-7-6(8(9)11)4-3-5-10-7/h22H,3-21H2,1-2H3,(H2,25,27)(H,26,28);3-5H,2H2,1H3,(H2,9,11). The number of methoxy groups -OCH3 is 1. The van der Waals surface area contributed by atoms with Gasteiger partial charge in [-0.2, -0.15) is 0 Å². The Kier molecular flexibility index (Phi) is 26.3. The lowest BCUT2D eigenvalue weighted by molar-refractivity contribution is -0.00291. The molecule has 0 radical (unpaired) electrons. The molecule has 0 spiro atoms. The molecule has 0 aliphatic rings. The van der Waals surface area contributed by atoms with Crippen molar-refractivity contribution in [3.8, 4) is 0 Å². The van der Waals surface area contributed by atoms with Crippen LogP contribution >= 0.6 is 0 Å². The predicted molar refractivity (Wildman–Crippen MR) is 167 cm³/mol. The molecule has 0 saturated carbocycles. The highest BCUT2D eigenvalue weighted by molar-refractivity contribution is 5.93. The van der Waals surface area contributed by atoms with Crippen molar-refractivity contribution >= 4 is 18.1 Å². The number of primary amides is 2. The monoisotopic (exact) mass is 594 g/mol. The summed E-state index contributed by atoms with van der Waals surface area (Å²) in [6.07, 6.45) is 21.7. The number of amides is 3. The summed E-state index contributed by atoms with van der Waals surface area (Å²) < 4.78 is 14.7. The Morgan fingerprint density at radius 1 is 0.786 bits per heavy atom. The summed E-state index contributed by atoms with van der Waals surface area (Å²) in [4.78, 5) is 37.0. The SMILES string of the molecule is CCCCCCCCCCCCCCCCCCNC(=O)OCC(COC(N)=O)OC.CCc1ncccc1C(N)=O. The van der Waals surface area contributed by atoms with Gasteiger partial charge in [-0.15, -0.1) is 0 Å². The van der Waals surface area contributed by atoms with E-state index in [1.165, 1.54) is 97.0 Å². The molecule has 10 heteroatoms. The number of hydrogen-bond acceptors (Lipinski definition) is 7. The summed E-state index contributed by atoms with van der Waals surface area (Å²) in [5, 5.41) is 2.73. The van der Waals surface area contributed by atoms with E-state index in [-0.39, 0.29) is 13.2 Å². The number of nitrogens with two attached hydrogens (primary N) is 2. The first-order chi connectivity index (χ1) is 20.3. The van der Waals surface area contributed by atoms with Crippen molar-refractivity contribution in [2.45, 2.75) is 129 Å². The summed E-state index contributed by atoms with van der Waals surface area (Å²) in [7, 11) is 1.45. The number of ether oxygens (including phenoxy) is 3. The summed E-state index contributed by atoms with van der Waals surface area (Å²) >= 11 is 0. The molecule has 0 bridgehead atoms. The predicted octanol–water partition coefficient (Wildman–Crippen LogP) is 6.83. The van der Waals surface area contributed by atoms with Crippen LogP contribution in [0.4, 0.5) is 9.59 Å². The maximum absolute atomic E-state index is 11.6. The molecule has 5 N–H and O–H groups in total. The van der Waals surface area contributed by atoms with Gasteiger partial charge < -0.3 is 31.0 Å². The molecule has 0 saturated heterocycles. The van der Waals surface area contributed by atoms with Crippen LogP contribution in [0.1, 0.15) is 133 Å². The highest BCUT2D eigenvalue weighted by Gasteiger charge is 2.12. The number of unbranched alkanes of at least 4 members (excludes halogenated alkanes) is 15. The molecule has 10 nitrogen and oxygen atoms in total. The maximum atomic E-state index is 11.6. The third kappa shape index (κ3) is 23.8. The first-order valence-corrected chi connectivity index (χ1v) is 15.9. The van der Waals surface area contributed by atoms with E-state index in [0.29, 0.717) is 12.1 Å². The molecule has 1 aromatic rings. The molecule has 0 aromatic carbocycles. The molecule has 242 valence electrons. The van der Waals surface area contributed by atoms with Crippen LogP contribution in [0, 0.1) is 0 Å². The fraction of sp³-hybridized carbons (Fsp3) is 0.750. The minimum Gasteiger partial charge on any atom is -0.447 e. The zero-order valence-corrected chi connectivity index (χ0v) is 26.5. The average molecular weight is 595 g/mol. The Morgan fingerprint density at radius 3 is 1.71 bits per heavy atom. The molecular weight excluding hydrogens is 536 g/mol. The minimum atomic E-state index is -0.880. The van der Waals surface area contributed by atoms with Crippen molar-refractivity contribution in [1.82, 2.24) is 10.3 Å². The van der Waals surface area contributed by atoms with Crippen molar-refractivity contribution in [1.29, 1.82) is 0 Å². The van der Waals surface area contributed by atoms with E-state index >= 15 is 0 Å². The van der Waals surface area contributed by atoms with Crippen LogP contribution in [0.15, 0.2) is 18.3 Å². The highest BCUT2D eigenvalue weighted by atomic mass is 16.6. The Morgan fingerprint density at radius 2 is 1.29 bits per heavy atom. The van der Waals surface area contributed by atoms with Gasteiger partial charge in [-0.1, -0.05) is 110 Å². The number of hydrogen-bond donors (Lipinski definition) is 3. The van der Waals surface area contributed by atoms with Crippen molar-refractivity contribution in [2.24, 2.45) is 11.5 Å². The number of rotatable bonds is 24. The molecule has 0 aliphatic heterocycles. The van der Waals surface area contributed by atoms with Gasteiger partial charge in [-0.25, -0.2) is 9.59 Å². The van der Waals surface area contributed by atoms with Crippen molar-refractivity contribution in [3.05, 3.63) is 29.6 Å². The molecule has 1 heterocycles. The van der Waals surface area contributed by atoms with Gasteiger partial charge in [0.05, 0.1) is 11.3 Å². The van der Waals surface area contributed by atoms with Crippen LogP contribution in [0.2, 0.25) is 0 Å². The smallest absolute Gasteiger partial charge is 0.407 e. The Balaban J connectivity index is 0.00000126. The Labute approximate surface area is 254 Å². The second kappa shape index (κ2) is 28.2. The van der Waals surface area contributed by atoms with Gasteiger partial charge in [-0.3, -0.25) is 9.78 Å². The van der Waals surface area contributed by atoms with E-state index in [1.807, 2.05) is 6.92 Å². The second-order valence-corrected chi connectivity index (χ2v) is 10.5. The van der Waals surface area contributed by atoms with Crippen LogP contribution in [0.5, 0.6) is 0 Å². The van der Waals surface area contributed by atoms with E-state index in [1.54, 1.807) is 18.3 Å². The van der Waals surface area contributed by atoms with E-state index in [9.17, 15) is 14.4 Å². The molecule has 0 fully saturated rings. The lowest BCUT2D eigenvalue weighted by Crippen LogP contribution is -2.32. The number of pyridine rings is 1.